The van der Waals surface area contributed by atoms with Crippen LogP contribution in [0.25, 0.3) is 0 Å². The summed E-state index contributed by atoms with van der Waals surface area (Å²) in [6.07, 6.45) is 2.26. The van der Waals surface area contributed by atoms with Gasteiger partial charge in [0, 0.05) is 12.6 Å². The van der Waals surface area contributed by atoms with Crippen LogP contribution >= 0.6 is 0 Å². The first kappa shape index (κ1) is 29.4. The molecule has 0 aliphatic heterocycles. The molecule has 36 heavy (non-hydrogen) atoms. The summed E-state index contributed by atoms with van der Waals surface area (Å²) < 4.78 is 26.6. The van der Waals surface area contributed by atoms with Crippen LogP contribution in [0.2, 0.25) is 0 Å². The topological polar surface area (TPSA) is 86.8 Å². The lowest BCUT2D eigenvalue weighted by Gasteiger charge is -2.33. The Morgan fingerprint density at radius 1 is 0.944 bits per heavy atom. The van der Waals surface area contributed by atoms with Gasteiger partial charge in [-0.2, -0.15) is 0 Å². The number of aryl methyl sites for hydroxylation is 1. The Morgan fingerprint density at radius 3 is 2.06 bits per heavy atom. The van der Waals surface area contributed by atoms with E-state index >= 15 is 0 Å². The number of sulfonamides is 1. The fourth-order valence-electron chi connectivity index (χ4n) is 3.97. The summed E-state index contributed by atoms with van der Waals surface area (Å²) in [6, 6.07) is 14.1. The van der Waals surface area contributed by atoms with E-state index in [9.17, 15) is 18.0 Å². The van der Waals surface area contributed by atoms with E-state index in [1.165, 1.54) is 4.90 Å². The average molecular weight is 516 g/mol. The quantitative estimate of drug-likeness (QED) is 0.447. The second-order valence-electron chi connectivity index (χ2n) is 9.71. The molecule has 0 heterocycles. The molecule has 198 valence electrons. The van der Waals surface area contributed by atoms with Crippen LogP contribution in [-0.2, 0) is 26.2 Å². The zero-order chi connectivity index (χ0) is 27.0. The fourth-order valence-corrected chi connectivity index (χ4v) is 4.82. The fraction of sp³-hybridized carbons (Fsp3) is 0.500. The largest absolute Gasteiger partial charge is 0.352 e. The number of benzene rings is 2. The maximum atomic E-state index is 13.8. The van der Waals surface area contributed by atoms with Gasteiger partial charge in [0.05, 0.1) is 11.9 Å². The Kier molecular flexibility index (Phi) is 10.5. The molecule has 0 fully saturated rings. The summed E-state index contributed by atoms with van der Waals surface area (Å²) in [6.45, 7) is 11.7. The minimum absolute atomic E-state index is 0.0334. The molecule has 0 saturated carbocycles. The lowest BCUT2D eigenvalue weighted by atomic mass is 10.0. The summed E-state index contributed by atoms with van der Waals surface area (Å²) >= 11 is 0. The number of hydrogen-bond acceptors (Lipinski definition) is 4. The molecular weight excluding hydrogens is 474 g/mol. The number of rotatable bonds is 12. The third-order valence-corrected chi connectivity index (χ3v) is 7.66. The van der Waals surface area contributed by atoms with Crippen molar-refractivity contribution in [1.29, 1.82) is 0 Å². The van der Waals surface area contributed by atoms with Gasteiger partial charge in [0.15, 0.2) is 0 Å². The molecule has 8 heteroatoms. The Hall–Kier alpha value is -2.87. The molecule has 2 rings (SSSR count). The number of hydrogen-bond donors (Lipinski definition) is 1. The number of carbonyl (C=O) groups excluding carboxylic acids is 2. The molecule has 2 amide bonds. The van der Waals surface area contributed by atoms with Crippen molar-refractivity contribution in [2.24, 2.45) is 0 Å². The predicted molar refractivity (Wildman–Crippen MR) is 146 cm³/mol. The molecule has 0 radical (unpaired) electrons. The Bertz CT molecular complexity index is 1130. The van der Waals surface area contributed by atoms with Crippen molar-refractivity contribution < 1.29 is 18.0 Å². The van der Waals surface area contributed by atoms with E-state index < -0.39 is 28.5 Å². The second-order valence-corrected chi connectivity index (χ2v) is 11.6. The van der Waals surface area contributed by atoms with E-state index in [4.69, 9.17) is 0 Å². The minimum atomic E-state index is -3.75. The lowest BCUT2D eigenvalue weighted by Crippen LogP contribution is -2.53. The van der Waals surface area contributed by atoms with E-state index in [1.54, 1.807) is 12.1 Å². The first-order valence-electron chi connectivity index (χ1n) is 12.6. The van der Waals surface area contributed by atoms with Gasteiger partial charge in [-0.1, -0.05) is 64.1 Å². The third kappa shape index (κ3) is 7.82. The normalized spacial score (nSPS) is 13.2. The third-order valence-electron chi connectivity index (χ3n) is 6.52. The van der Waals surface area contributed by atoms with Crippen molar-refractivity contribution >= 4 is 27.5 Å². The zero-order valence-corrected chi connectivity index (χ0v) is 23.4. The van der Waals surface area contributed by atoms with Crippen molar-refractivity contribution in [3.05, 3.63) is 65.2 Å². The molecule has 7 nitrogen and oxygen atoms in total. The molecule has 0 spiro atoms. The zero-order valence-electron chi connectivity index (χ0n) is 22.6. The molecule has 2 aromatic carbocycles. The van der Waals surface area contributed by atoms with Crippen molar-refractivity contribution in [2.75, 3.05) is 17.1 Å². The van der Waals surface area contributed by atoms with Crippen molar-refractivity contribution in [3.8, 4) is 0 Å². The lowest BCUT2D eigenvalue weighted by molar-refractivity contribution is -0.140. The van der Waals surface area contributed by atoms with E-state index in [0.717, 1.165) is 33.7 Å². The highest BCUT2D eigenvalue weighted by atomic mass is 32.2. The van der Waals surface area contributed by atoms with Crippen LogP contribution in [0.15, 0.2) is 48.5 Å². The van der Waals surface area contributed by atoms with Gasteiger partial charge in [0.2, 0.25) is 21.8 Å². The molecule has 2 aromatic rings. The summed E-state index contributed by atoms with van der Waals surface area (Å²) in [5.74, 6) is -0.366. The van der Waals surface area contributed by atoms with Gasteiger partial charge in [-0.05, 0) is 61.4 Å². The standard InChI is InChI=1S/C28H41N3O4S/c1-8-22(6)29-28(33)26(9-2)30(18-24-13-11-10-12-21(24)5)27(32)19-31(36(7,34)35)25-16-14-23(15-17-25)20(3)4/h10-17,20,22,26H,8-9,18-19H2,1-7H3,(H,29,33)/t22-,26-/m1/s1. The number of amides is 2. The number of nitrogens with one attached hydrogen (secondary N) is 1. The van der Waals surface area contributed by atoms with Crippen LogP contribution in [-0.4, -0.2) is 50.0 Å². The van der Waals surface area contributed by atoms with Crippen LogP contribution in [0.5, 0.6) is 0 Å². The van der Waals surface area contributed by atoms with Gasteiger partial charge in [-0.3, -0.25) is 13.9 Å². The highest BCUT2D eigenvalue weighted by molar-refractivity contribution is 7.92. The van der Waals surface area contributed by atoms with Gasteiger partial charge in [0.1, 0.15) is 12.6 Å². The van der Waals surface area contributed by atoms with E-state index in [1.807, 2.05) is 64.1 Å². The Labute approximate surface area is 216 Å². The predicted octanol–water partition coefficient (Wildman–Crippen LogP) is 4.61. The van der Waals surface area contributed by atoms with E-state index in [-0.39, 0.29) is 18.5 Å². The highest BCUT2D eigenvalue weighted by Crippen LogP contribution is 2.23. The SMILES string of the molecule is CC[C@@H](C)NC(=O)[C@@H](CC)N(Cc1ccccc1C)C(=O)CN(c1ccc(C(C)C)cc1)S(C)(=O)=O. The highest BCUT2D eigenvalue weighted by Gasteiger charge is 2.32. The van der Waals surface area contributed by atoms with E-state index in [2.05, 4.69) is 19.2 Å². The van der Waals surface area contributed by atoms with Crippen molar-refractivity contribution in [3.63, 3.8) is 0 Å². The van der Waals surface area contributed by atoms with Gasteiger partial charge < -0.3 is 10.2 Å². The van der Waals surface area contributed by atoms with Crippen LogP contribution < -0.4 is 9.62 Å². The van der Waals surface area contributed by atoms with Gasteiger partial charge in [-0.25, -0.2) is 8.42 Å². The maximum Gasteiger partial charge on any atom is 0.244 e. The summed E-state index contributed by atoms with van der Waals surface area (Å²) in [7, 11) is -3.75. The molecule has 0 bridgehead atoms. The van der Waals surface area contributed by atoms with E-state index in [0.29, 0.717) is 18.0 Å². The number of anilines is 1. The van der Waals surface area contributed by atoms with Gasteiger partial charge >= 0.3 is 0 Å². The summed E-state index contributed by atoms with van der Waals surface area (Å²) in [5, 5.41) is 2.98. The molecule has 0 aliphatic carbocycles. The first-order valence-corrected chi connectivity index (χ1v) is 14.5. The summed E-state index contributed by atoms with van der Waals surface area (Å²) in [5.41, 5.74) is 3.40. The van der Waals surface area contributed by atoms with Crippen LogP contribution in [0.3, 0.4) is 0 Å². The first-order chi connectivity index (χ1) is 16.9. The number of nitrogens with zero attached hydrogens (tertiary/aromatic N) is 2. The Morgan fingerprint density at radius 2 is 1.56 bits per heavy atom. The molecule has 0 unspecified atom stereocenters. The smallest absolute Gasteiger partial charge is 0.244 e. The van der Waals surface area contributed by atoms with Crippen LogP contribution in [0.1, 0.15) is 70.1 Å². The Balaban J connectivity index is 2.45. The second kappa shape index (κ2) is 12.9. The minimum Gasteiger partial charge on any atom is -0.352 e. The maximum absolute atomic E-state index is 13.8. The molecule has 0 saturated heterocycles. The average Bonchev–Trinajstić information content (AvgIpc) is 2.82. The van der Waals surface area contributed by atoms with Crippen LogP contribution in [0.4, 0.5) is 5.69 Å². The summed E-state index contributed by atoms with van der Waals surface area (Å²) in [4.78, 5) is 28.5. The van der Waals surface area contributed by atoms with Gasteiger partial charge in [-0.15, -0.1) is 0 Å². The van der Waals surface area contributed by atoms with Crippen molar-refractivity contribution in [1.82, 2.24) is 10.2 Å². The number of carbonyl (C=O) groups is 2. The molecule has 0 aromatic heterocycles. The molecule has 2 atom stereocenters. The molecular formula is C28H41N3O4S. The van der Waals surface area contributed by atoms with Crippen LogP contribution in [0, 0.1) is 6.92 Å². The van der Waals surface area contributed by atoms with Crippen molar-refractivity contribution in [2.45, 2.75) is 78.9 Å². The molecule has 1 N–H and O–H groups in total. The monoisotopic (exact) mass is 515 g/mol. The van der Waals surface area contributed by atoms with Gasteiger partial charge in [0.25, 0.3) is 0 Å². The molecule has 0 aliphatic rings.